The molecular formula is C12H19N5O2. The van der Waals surface area contributed by atoms with E-state index in [0.29, 0.717) is 12.1 Å². The normalized spacial score (nSPS) is 11.2. The molecule has 0 saturated heterocycles. The number of nitrogens with one attached hydrogen (secondary N) is 1. The predicted octanol–water partition coefficient (Wildman–Crippen LogP) is 0.368. The van der Waals surface area contributed by atoms with Crippen LogP contribution in [0.1, 0.15) is 32.6 Å². The van der Waals surface area contributed by atoms with E-state index < -0.39 is 5.56 Å². The Morgan fingerprint density at radius 1 is 1.26 bits per heavy atom. The maximum Gasteiger partial charge on any atom is 0.326 e. The molecule has 5 N–H and O–H groups in total. The lowest BCUT2D eigenvalue weighted by atomic mass is 10.2. The Balaban J connectivity index is 2.42. The molecule has 0 aliphatic rings. The molecular weight excluding hydrogens is 246 g/mol. The van der Waals surface area contributed by atoms with Crippen molar-refractivity contribution in [3.63, 3.8) is 0 Å². The van der Waals surface area contributed by atoms with E-state index in [2.05, 4.69) is 11.9 Å². The predicted molar refractivity (Wildman–Crippen MR) is 75.5 cm³/mol. The zero-order chi connectivity index (χ0) is 14.0. The number of unbranched alkanes of at least 4 members (excludes halogenated alkanes) is 3. The summed E-state index contributed by atoms with van der Waals surface area (Å²) in [7, 11) is 0. The molecule has 104 valence electrons. The Morgan fingerprint density at radius 3 is 2.68 bits per heavy atom. The fourth-order valence-electron chi connectivity index (χ4n) is 2.16. The minimum atomic E-state index is -0.487. The number of imidazole rings is 1. The van der Waals surface area contributed by atoms with Gasteiger partial charge < -0.3 is 16.6 Å². The lowest BCUT2D eigenvalue weighted by Crippen LogP contribution is -2.29. The van der Waals surface area contributed by atoms with Crippen molar-refractivity contribution >= 4 is 16.9 Å². The summed E-state index contributed by atoms with van der Waals surface area (Å²) in [6, 6.07) is 1.55. The monoisotopic (exact) mass is 265 g/mol. The number of rotatable bonds is 5. The summed E-state index contributed by atoms with van der Waals surface area (Å²) in [5.74, 6) is 5.63. The Labute approximate surface area is 109 Å². The van der Waals surface area contributed by atoms with Gasteiger partial charge in [0.1, 0.15) is 11.3 Å². The molecule has 0 aliphatic heterocycles. The van der Waals surface area contributed by atoms with E-state index in [4.69, 9.17) is 11.6 Å². The number of pyridine rings is 1. The quantitative estimate of drug-likeness (QED) is 0.535. The highest BCUT2D eigenvalue weighted by Gasteiger charge is 2.12. The zero-order valence-corrected chi connectivity index (χ0v) is 11.0. The minimum absolute atomic E-state index is 0.138. The molecule has 2 heterocycles. The Kier molecular flexibility index (Phi) is 3.64. The van der Waals surface area contributed by atoms with E-state index in [0.717, 1.165) is 30.4 Å². The van der Waals surface area contributed by atoms with Gasteiger partial charge in [0, 0.05) is 12.6 Å². The van der Waals surface area contributed by atoms with E-state index in [1.165, 1.54) is 0 Å². The van der Waals surface area contributed by atoms with Crippen LogP contribution in [0, 0.1) is 0 Å². The molecule has 0 saturated carbocycles. The first-order chi connectivity index (χ1) is 9.06. The largest absolute Gasteiger partial charge is 0.384 e. The van der Waals surface area contributed by atoms with Gasteiger partial charge in [-0.1, -0.05) is 26.2 Å². The number of anilines is 1. The molecule has 2 rings (SSSR count). The highest BCUT2D eigenvalue weighted by molar-refractivity contribution is 5.77. The number of nitrogens with zero attached hydrogens (tertiary/aromatic N) is 2. The van der Waals surface area contributed by atoms with Crippen molar-refractivity contribution < 1.29 is 0 Å². The SMILES string of the molecule is CCCCCCn1c(=O)[nH]c2c(=O)n(N)c(N)cc21. The summed E-state index contributed by atoms with van der Waals surface area (Å²) in [6.45, 7) is 2.70. The minimum Gasteiger partial charge on any atom is -0.384 e. The molecule has 0 atom stereocenters. The third-order valence-corrected chi connectivity index (χ3v) is 3.25. The fraction of sp³-hybridized carbons (Fsp3) is 0.500. The molecule has 0 fully saturated rings. The molecule has 0 amide bonds. The van der Waals surface area contributed by atoms with Crippen molar-refractivity contribution in [1.82, 2.24) is 14.2 Å². The number of nitrogens with two attached hydrogens (primary N) is 2. The second-order valence-corrected chi connectivity index (χ2v) is 4.65. The van der Waals surface area contributed by atoms with Crippen LogP contribution < -0.4 is 22.8 Å². The van der Waals surface area contributed by atoms with Crippen LogP contribution in [0.4, 0.5) is 5.82 Å². The van der Waals surface area contributed by atoms with E-state index >= 15 is 0 Å². The van der Waals surface area contributed by atoms with Gasteiger partial charge in [-0.05, 0) is 6.42 Å². The summed E-state index contributed by atoms with van der Waals surface area (Å²) in [5.41, 5.74) is 5.59. The van der Waals surface area contributed by atoms with Crippen molar-refractivity contribution in [3.05, 3.63) is 26.9 Å². The van der Waals surface area contributed by atoms with Crippen molar-refractivity contribution in [3.8, 4) is 0 Å². The number of H-pyrrole nitrogens is 1. The maximum atomic E-state index is 11.9. The molecule has 0 aromatic carbocycles. The number of hydrogen-bond donors (Lipinski definition) is 3. The first-order valence-corrected chi connectivity index (χ1v) is 6.45. The highest BCUT2D eigenvalue weighted by atomic mass is 16.2. The molecule has 7 nitrogen and oxygen atoms in total. The van der Waals surface area contributed by atoms with Crippen molar-refractivity contribution in [2.45, 2.75) is 39.2 Å². The number of fused-ring (bicyclic) bond motifs is 1. The van der Waals surface area contributed by atoms with Gasteiger partial charge in [0.2, 0.25) is 0 Å². The third kappa shape index (κ3) is 2.35. The molecule has 2 aromatic rings. The van der Waals surface area contributed by atoms with Crippen LogP contribution in [0.3, 0.4) is 0 Å². The lowest BCUT2D eigenvalue weighted by molar-refractivity contribution is 0.581. The van der Waals surface area contributed by atoms with E-state index in [-0.39, 0.29) is 17.0 Å². The summed E-state index contributed by atoms with van der Waals surface area (Å²) in [6.07, 6.45) is 4.22. The highest BCUT2D eigenvalue weighted by Crippen LogP contribution is 2.10. The van der Waals surface area contributed by atoms with Crippen LogP contribution in [0.15, 0.2) is 15.7 Å². The van der Waals surface area contributed by atoms with Crippen molar-refractivity contribution in [1.29, 1.82) is 0 Å². The van der Waals surface area contributed by atoms with E-state index in [1.54, 1.807) is 10.6 Å². The fourth-order valence-corrected chi connectivity index (χ4v) is 2.16. The number of aryl methyl sites for hydroxylation is 1. The second-order valence-electron chi connectivity index (χ2n) is 4.65. The molecule has 0 bridgehead atoms. The molecule has 0 radical (unpaired) electrons. The Hall–Kier alpha value is -2.18. The zero-order valence-electron chi connectivity index (χ0n) is 11.0. The van der Waals surface area contributed by atoms with Gasteiger partial charge in [0.25, 0.3) is 5.56 Å². The number of hydrogen-bond acceptors (Lipinski definition) is 4. The summed E-state index contributed by atoms with van der Waals surface area (Å²) < 4.78 is 2.38. The standard InChI is InChI=1S/C12H19N5O2/c1-2-3-4-5-6-16-8-7-9(13)17(14)11(18)10(8)15-12(16)19/h7H,2-6,13-14H2,1H3,(H,15,19). The van der Waals surface area contributed by atoms with Crippen molar-refractivity contribution in [2.24, 2.45) is 0 Å². The van der Waals surface area contributed by atoms with Gasteiger partial charge >= 0.3 is 5.69 Å². The van der Waals surface area contributed by atoms with Gasteiger partial charge in [0.05, 0.1) is 5.52 Å². The van der Waals surface area contributed by atoms with Crippen LogP contribution in [0.25, 0.3) is 11.0 Å². The Bertz CT molecular complexity index is 694. The second kappa shape index (κ2) is 5.21. The molecule has 0 spiro atoms. The molecule has 2 aromatic heterocycles. The van der Waals surface area contributed by atoms with Gasteiger partial charge in [-0.2, -0.15) is 0 Å². The van der Waals surface area contributed by atoms with Gasteiger partial charge in [-0.25, -0.2) is 9.47 Å². The van der Waals surface area contributed by atoms with Crippen LogP contribution >= 0.6 is 0 Å². The van der Waals surface area contributed by atoms with Crippen molar-refractivity contribution in [2.75, 3.05) is 11.6 Å². The maximum absolute atomic E-state index is 11.9. The van der Waals surface area contributed by atoms with Crippen LogP contribution in [-0.4, -0.2) is 14.2 Å². The number of aromatic amines is 1. The number of aromatic nitrogens is 3. The first-order valence-electron chi connectivity index (χ1n) is 6.45. The smallest absolute Gasteiger partial charge is 0.326 e. The topological polar surface area (TPSA) is 112 Å². The summed E-state index contributed by atoms with van der Waals surface area (Å²) >= 11 is 0. The first kappa shape index (κ1) is 13.3. The van der Waals surface area contributed by atoms with Crippen LogP contribution in [0.5, 0.6) is 0 Å². The van der Waals surface area contributed by atoms with E-state index in [1.807, 2.05) is 0 Å². The van der Waals surface area contributed by atoms with Gasteiger partial charge in [-0.15, -0.1) is 0 Å². The average Bonchev–Trinajstić information content (AvgIpc) is 2.69. The average molecular weight is 265 g/mol. The molecule has 0 unspecified atom stereocenters. The lowest BCUT2D eigenvalue weighted by Gasteiger charge is -2.05. The molecule has 19 heavy (non-hydrogen) atoms. The van der Waals surface area contributed by atoms with Crippen LogP contribution in [0.2, 0.25) is 0 Å². The number of nitrogen functional groups attached to an aromatic ring is 2. The summed E-state index contributed by atoms with van der Waals surface area (Å²) in [5, 5.41) is 0. The molecule has 7 heteroatoms. The van der Waals surface area contributed by atoms with E-state index in [9.17, 15) is 9.59 Å². The Morgan fingerprint density at radius 2 is 2.00 bits per heavy atom. The van der Waals surface area contributed by atoms with Crippen LogP contribution in [-0.2, 0) is 6.54 Å². The molecule has 0 aliphatic carbocycles. The van der Waals surface area contributed by atoms with Gasteiger partial charge in [0.15, 0.2) is 0 Å². The third-order valence-electron chi connectivity index (χ3n) is 3.25. The van der Waals surface area contributed by atoms with Gasteiger partial charge in [-0.3, -0.25) is 9.36 Å². The summed E-state index contributed by atoms with van der Waals surface area (Å²) in [4.78, 5) is 26.3.